The van der Waals surface area contributed by atoms with Gasteiger partial charge in [-0.2, -0.15) is 0 Å². The van der Waals surface area contributed by atoms with Gasteiger partial charge in [0.2, 0.25) is 0 Å². The summed E-state index contributed by atoms with van der Waals surface area (Å²) in [6, 6.07) is 11.8. The molecule has 2 unspecified atom stereocenters. The van der Waals surface area contributed by atoms with Crippen molar-refractivity contribution in [3.63, 3.8) is 0 Å². The molecule has 0 aliphatic carbocycles. The standard InChI is InChI=1S/C19H23O3P/c1-12-10-13(2)18(14(3)11-12)19(20)23-17-8-6-16(7-9-17)22-15(4)21-5/h6-11,15,23H,1-5H3. The molecule has 0 aliphatic heterocycles. The lowest BCUT2D eigenvalue weighted by Gasteiger charge is -2.13. The summed E-state index contributed by atoms with van der Waals surface area (Å²) in [5, 5.41) is 1.01. The third-order valence-corrected chi connectivity index (χ3v) is 4.75. The largest absolute Gasteiger partial charge is 0.465 e. The highest BCUT2D eigenvalue weighted by atomic mass is 31.1. The molecule has 0 heterocycles. The van der Waals surface area contributed by atoms with E-state index < -0.39 is 0 Å². The van der Waals surface area contributed by atoms with E-state index >= 15 is 0 Å². The number of rotatable bonds is 6. The molecule has 0 saturated heterocycles. The lowest BCUT2D eigenvalue weighted by molar-refractivity contribution is -0.0382. The first-order valence-corrected chi connectivity index (χ1v) is 8.59. The first-order valence-electron chi connectivity index (χ1n) is 7.59. The van der Waals surface area contributed by atoms with Crippen molar-refractivity contribution in [2.75, 3.05) is 7.11 Å². The van der Waals surface area contributed by atoms with Gasteiger partial charge in [-0.15, -0.1) is 0 Å². The van der Waals surface area contributed by atoms with E-state index in [0.29, 0.717) is 0 Å². The van der Waals surface area contributed by atoms with Crippen LogP contribution < -0.4 is 10.0 Å². The second-order valence-corrected chi connectivity index (χ2v) is 6.95. The van der Waals surface area contributed by atoms with Gasteiger partial charge in [0, 0.05) is 12.7 Å². The van der Waals surface area contributed by atoms with Crippen molar-refractivity contribution in [3.05, 3.63) is 58.7 Å². The van der Waals surface area contributed by atoms with Crippen molar-refractivity contribution >= 4 is 19.4 Å². The monoisotopic (exact) mass is 330 g/mol. The van der Waals surface area contributed by atoms with E-state index in [-0.39, 0.29) is 20.4 Å². The van der Waals surface area contributed by atoms with E-state index in [1.165, 1.54) is 5.56 Å². The first-order chi connectivity index (χ1) is 10.9. The van der Waals surface area contributed by atoms with Crippen LogP contribution in [0.25, 0.3) is 0 Å². The molecule has 0 aliphatic rings. The van der Waals surface area contributed by atoms with Crippen LogP contribution in [0.15, 0.2) is 36.4 Å². The minimum absolute atomic E-state index is 0.112. The maximum Gasteiger partial charge on any atom is 0.196 e. The molecule has 3 nitrogen and oxygen atoms in total. The van der Waals surface area contributed by atoms with Crippen LogP contribution in [-0.4, -0.2) is 18.9 Å². The summed E-state index contributed by atoms with van der Waals surface area (Å²) in [4.78, 5) is 12.6. The normalized spacial score (nSPS) is 12.6. The Labute approximate surface area is 139 Å². The zero-order chi connectivity index (χ0) is 17.0. The fourth-order valence-corrected chi connectivity index (χ4v) is 3.70. The molecule has 0 aromatic heterocycles. The Morgan fingerprint density at radius 2 is 1.61 bits per heavy atom. The molecule has 0 N–H and O–H groups in total. The summed E-state index contributed by atoms with van der Waals surface area (Å²) in [6.45, 7) is 7.89. The van der Waals surface area contributed by atoms with Crippen LogP contribution in [0, 0.1) is 20.8 Å². The zero-order valence-corrected chi connectivity index (χ0v) is 15.3. The average molecular weight is 330 g/mol. The molecule has 0 radical (unpaired) electrons. The van der Waals surface area contributed by atoms with Crippen molar-refractivity contribution in [2.45, 2.75) is 34.0 Å². The molecule has 0 fully saturated rings. The molecule has 0 amide bonds. The summed E-state index contributed by atoms with van der Waals surface area (Å²) in [7, 11) is 1.71. The van der Waals surface area contributed by atoms with Crippen molar-refractivity contribution in [3.8, 4) is 5.75 Å². The molecule has 4 heteroatoms. The van der Waals surface area contributed by atoms with Crippen LogP contribution in [0.4, 0.5) is 0 Å². The SMILES string of the molecule is COC(C)Oc1ccc(PC(=O)c2c(C)cc(C)cc2C)cc1. The maximum atomic E-state index is 12.6. The van der Waals surface area contributed by atoms with Gasteiger partial charge in [0.15, 0.2) is 11.8 Å². The van der Waals surface area contributed by atoms with E-state index in [0.717, 1.165) is 27.7 Å². The lowest BCUT2D eigenvalue weighted by Crippen LogP contribution is -2.13. The number of aryl methyl sites for hydroxylation is 3. The Hall–Kier alpha value is -1.70. The molecule has 2 aromatic rings. The van der Waals surface area contributed by atoms with E-state index in [4.69, 9.17) is 9.47 Å². The summed E-state index contributed by atoms with van der Waals surface area (Å²) in [5.41, 5.74) is 4.32. The second kappa shape index (κ2) is 7.72. The highest BCUT2D eigenvalue weighted by molar-refractivity contribution is 7.66. The van der Waals surface area contributed by atoms with Gasteiger partial charge in [0.1, 0.15) is 5.75 Å². The van der Waals surface area contributed by atoms with Crippen LogP contribution in [0.3, 0.4) is 0 Å². The van der Waals surface area contributed by atoms with Gasteiger partial charge in [0.05, 0.1) is 0 Å². The minimum atomic E-state index is -0.289. The molecule has 23 heavy (non-hydrogen) atoms. The average Bonchev–Trinajstić information content (AvgIpc) is 2.48. The summed E-state index contributed by atoms with van der Waals surface area (Å²) < 4.78 is 10.6. The number of hydrogen-bond donors (Lipinski definition) is 0. The first kappa shape index (κ1) is 17.7. The fourth-order valence-electron chi connectivity index (χ4n) is 2.59. The number of benzene rings is 2. The van der Waals surface area contributed by atoms with Gasteiger partial charge in [0.25, 0.3) is 0 Å². The molecular formula is C19H23O3P. The summed E-state index contributed by atoms with van der Waals surface area (Å²) in [6.07, 6.45) is -0.289. The number of hydrogen-bond acceptors (Lipinski definition) is 3. The molecule has 0 saturated carbocycles. The van der Waals surface area contributed by atoms with E-state index in [9.17, 15) is 4.79 Å². The highest BCUT2D eigenvalue weighted by Crippen LogP contribution is 2.26. The molecule has 2 atom stereocenters. The minimum Gasteiger partial charge on any atom is -0.465 e. The molecule has 0 spiro atoms. The van der Waals surface area contributed by atoms with E-state index in [2.05, 4.69) is 19.1 Å². The van der Waals surface area contributed by atoms with Crippen LogP contribution in [0.1, 0.15) is 34.0 Å². The molecule has 0 bridgehead atoms. The third-order valence-electron chi connectivity index (χ3n) is 3.65. The molecule has 122 valence electrons. The van der Waals surface area contributed by atoms with Gasteiger partial charge in [-0.05, 0) is 64.8 Å². The Kier molecular flexibility index (Phi) is 5.92. The third kappa shape index (κ3) is 4.63. The van der Waals surface area contributed by atoms with Gasteiger partial charge in [-0.25, -0.2) is 0 Å². The Balaban J connectivity index is 2.12. The van der Waals surface area contributed by atoms with Gasteiger partial charge in [-0.3, -0.25) is 4.79 Å². The highest BCUT2D eigenvalue weighted by Gasteiger charge is 2.13. The lowest BCUT2D eigenvalue weighted by atomic mass is 10.0. The fraction of sp³-hybridized carbons (Fsp3) is 0.316. The van der Waals surface area contributed by atoms with Gasteiger partial charge >= 0.3 is 0 Å². The quantitative estimate of drug-likeness (QED) is 0.590. The van der Waals surface area contributed by atoms with Crippen LogP contribution in [0.2, 0.25) is 0 Å². The van der Waals surface area contributed by atoms with E-state index in [1.54, 1.807) is 7.11 Å². The Morgan fingerprint density at radius 3 is 2.13 bits per heavy atom. The van der Waals surface area contributed by atoms with Gasteiger partial charge < -0.3 is 9.47 Å². The molecule has 2 aromatic carbocycles. The molecular weight excluding hydrogens is 307 g/mol. The van der Waals surface area contributed by atoms with Gasteiger partial charge in [-0.1, -0.05) is 29.8 Å². The number of carbonyl (C=O) groups is 1. The van der Waals surface area contributed by atoms with Crippen LogP contribution in [-0.2, 0) is 4.74 Å². The van der Waals surface area contributed by atoms with Crippen LogP contribution in [0.5, 0.6) is 5.75 Å². The molecule has 2 rings (SSSR count). The Morgan fingerprint density at radius 1 is 1.04 bits per heavy atom. The maximum absolute atomic E-state index is 12.6. The second-order valence-electron chi connectivity index (χ2n) is 5.67. The summed E-state index contributed by atoms with van der Waals surface area (Å²) in [5.74, 6) is 0.739. The van der Waals surface area contributed by atoms with Crippen molar-refractivity contribution in [1.82, 2.24) is 0 Å². The number of carbonyl (C=O) groups excluding carboxylic acids is 1. The smallest absolute Gasteiger partial charge is 0.196 e. The zero-order valence-electron chi connectivity index (χ0n) is 14.3. The van der Waals surface area contributed by atoms with Crippen molar-refractivity contribution < 1.29 is 14.3 Å². The van der Waals surface area contributed by atoms with E-state index in [1.807, 2.05) is 45.0 Å². The number of methoxy groups -OCH3 is 1. The topological polar surface area (TPSA) is 35.5 Å². The summed E-state index contributed by atoms with van der Waals surface area (Å²) >= 11 is 0. The predicted octanol–water partition coefficient (Wildman–Crippen LogP) is 4.13. The number of ether oxygens (including phenoxy) is 2. The Bertz CT molecular complexity index is 669. The van der Waals surface area contributed by atoms with Crippen molar-refractivity contribution in [2.24, 2.45) is 0 Å². The predicted molar refractivity (Wildman–Crippen MR) is 96.5 cm³/mol. The van der Waals surface area contributed by atoms with Crippen molar-refractivity contribution in [1.29, 1.82) is 0 Å². The van der Waals surface area contributed by atoms with Crippen LogP contribution >= 0.6 is 8.58 Å².